The van der Waals surface area contributed by atoms with Gasteiger partial charge in [-0.3, -0.25) is 96.0 Å². The predicted octanol–water partition coefficient (Wildman–Crippen LogP) is -3.23. The van der Waals surface area contributed by atoms with E-state index in [9.17, 15) is 91.7 Å². The molecule has 14 rings (SSSR count). The van der Waals surface area contributed by atoms with Crippen LogP contribution in [0.5, 0.6) is 0 Å². The number of fused-ring (bicyclic) bond motifs is 4. The summed E-state index contributed by atoms with van der Waals surface area (Å²) in [5, 5.41) is 51.6. The number of para-hydroxylation sites is 2. The minimum absolute atomic E-state index is 0.0267. The van der Waals surface area contributed by atoms with E-state index in [1.54, 1.807) is 89.5 Å². The Morgan fingerprint density at radius 2 is 1.00 bits per heavy atom. The van der Waals surface area contributed by atoms with Crippen LogP contribution < -0.4 is 70.0 Å². The SMILES string of the molecule is CC[C@@H]1NC(=O)[C@H]([C@@H](C)O)NC(=O)[C@@H](CC(=O)[C@H](C)NC(=O)CN(C)C(=O)CCN)CSCC(=O)N2CCC(CC2)N2C3CCN(CC3)C(=O)CSC[C@@H](C(N)=O)NC(=O)[C@@H]3CCCN3C(=O)[C@H](C(C)C)NC(=O)[C@H](Cc3c[nH]c4ccccc34)NC(=O)CNC(=O)[C@H](CC(=O)O)NC(=O)[C@H](C(C)C)NC(=O)[C@H](Cc3c[nH]c4ccccc34)NC(=O)[C@H](CSCC(=O)N3CCC2CC3)NC1=O.O=C=O. The Labute approximate surface area is 817 Å². The highest BCUT2D eigenvalue weighted by molar-refractivity contribution is 8.00. The molecule has 0 spiro atoms. The number of nitrogens with zero attached hydrogens (tertiary/aromatic N) is 6. The molecule has 17 amide bonds. The molecule has 10 fully saturated rings. The fraction of sp³-hybridized carbons (Fsp3) is 0.609. The Morgan fingerprint density at radius 3 is 1.50 bits per heavy atom. The average Bonchev–Trinajstić information content (AvgIpc) is 1.70. The first-order valence-corrected chi connectivity index (χ1v) is 50.4. The number of aromatic nitrogens is 2. The second-order valence-electron chi connectivity index (χ2n) is 36.4. The number of thioether (sulfide) groups is 3. The number of hydrogen-bond acceptors (Lipinski definition) is 27. The van der Waals surface area contributed by atoms with Crippen LogP contribution in [0, 0.1) is 17.8 Å². The fourth-order valence-electron chi connectivity index (χ4n) is 18.0. The van der Waals surface area contributed by atoms with Gasteiger partial charge in [-0.15, -0.1) is 23.5 Å². The van der Waals surface area contributed by atoms with Gasteiger partial charge < -0.3 is 115 Å². The number of amides is 17. The van der Waals surface area contributed by atoms with Crippen LogP contribution in [0.4, 0.5) is 0 Å². The zero-order chi connectivity index (χ0) is 102. The molecule has 2 aromatic carbocycles. The van der Waals surface area contributed by atoms with Gasteiger partial charge in [0, 0.05) is 155 Å². The van der Waals surface area contributed by atoms with E-state index in [-0.39, 0.29) is 122 Å². The molecule has 8 bridgehead atoms. The molecule has 10 saturated heterocycles. The Hall–Kier alpha value is -12.0. The third-order valence-electron chi connectivity index (χ3n) is 25.8. The number of primary amides is 1. The van der Waals surface area contributed by atoms with Gasteiger partial charge in [-0.05, 0) is 107 Å². The summed E-state index contributed by atoms with van der Waals surface area (Å²) in [6.07, 6.45) is 3.04. The van der Waals surface area contributed by atoms with Crippen LogP contribution >= 0.6 is 35.3 Å². The summed E-state index contributed by atoms with van der Waals surface area (Å²) >= 11 is 3.09. The number of carboxylic acid groups (broad SMARTS) is 1. The number of aliphatic carboxylic acids is 1. The number of nitrogens with one attached hydrogen (secondary N) is 13. The predicted molar refractivity (Wildman–Crippen MR) is 512 cm³/mol. The van der Waals surface area contributed by atoms with Gasteiger partial charge in [-0.25, -0.2) is 0 Å². The Bertz CT molecular complexity index is 5100. The van der Waals surface area contributed by atoms with Crippen LogP contribution in [0.15, 0.2) is 60.9 Å². The first-order chi connectivity index (χ1) is 66.2. The summed E-state index contributed by atoms with van der Waals surface area (Å²) in [6, 6.07) is -2.91. The standard InChI is InChI=1S/C91H131N21O21S3.CO2/c1-9-61-84(126)103-68-45-136-48-76(120)110-33-25-58(26-34-110)112(56-21-29-108(30-22-56)74(118)46-134-43-55(82(124)106-80(52(7)113)90(132)99-61)37-70(114)51(6)97-72(116)42-107(8)73(117)20-27-92)57-23-31-109(32-24-57)75(119)47-135-44-67(81(93)123)102-88(130)69-19-14-28-111(69)91(133)79(50(4)5)105-85(127)64(35-53-39-94-62-17-12-10-15-59(53)62)98-71(115)41-96-83(125)66(38-77(121)122)101-89(131)78(49(2)3)104-86(128)65(100-87(68)129)36-54-40-95-63-18-13-11-16-60(54)63;2-1-3/h10-13,15-18,39-40,49-52,55-58,61,64-69,78-80,94-95,113H,9,14,19-38,41-48,92H2,1-8H3,(H2,93,123)(H,96,125)(H,97,116)(H,98,115)(H,99,132)(H,100,129)(H,101,131)(H,102,130)(H,103,126)(H,104,128)(H,105,127)(H,106,124)(H,121,122);/t51-,52+,55-,61-,64-,65-,66-,67-,68-,69-,78-,79-,80-;/m0./s1. The molecular formula is C92H131N21O23S3. The first-order valence-electron chi connectivity index (χ1n) is 46.9. The summed E-state index contributed by atoms with van der Waals surface area (Å²) in [5.41, 5.74) is 13.8. The van der Waals surface area contributed by atoms with E-state index in [0.717, 1.165) is 40.2 Å². The molecule has 10 aliphatic rings. The van der Waals surface area contributed by atoms with Gasteiger partial charge in [0.15, 0.2) is 5.78 Å². The highest BCUT2D eigenvalue weighted by Crippen LogP contribution is 2.33. The van der Waals surface area contributed by atoms with Crippen molar-refractivity contribution in [3.63, 3.8) is 0 Å². The largest absolute Gasteiger partial charge is 0.481 e. The van der Waals surface area contributed by atoms with Gasteiger partial charge in [0.1, 0.15) is 60.4 Å². The number of aromatic amines is 2. The van der Waals surface area contributed by atoms with Crippen molar-refractivity contribution in [2.75, 3.05) is 107 Å². The van der Waals surface area contributed by atoms with Crippen molar-refractivity contribution in [2.45, 2.75) is 229 Å². The van der Waals surface area contributed by atoms with Gasteiger partial charge in [-0.2, -0.15) is 21.4 Å². The number of benzene rings is 2. The van der Waals surface area contributed by atoms with Crippen LogP contribution in [0.3, 0.4) is 0 Å². The lowest BCUT2D eigenvalue weighted by Gasteiger charge is -2.50. The number of hydrogen-bond donors (Lipinski definition) is 17. The monoisotopic (exact) mass is 1990 g/mol. The van der Waals surface area contributed by atoms with Gasteiger partial charge in [0.2, 0.25) is 100 Å². The lowest BCUT2D eigenvalue weighted by atomic mass is 9.90. The quantitative estimate of drug-likeness (QED) is 0.0439. The number of nitrogens with two attached hydrogens (primary N) is 2. The number of aliphatic hydroxyl groups is 1. The number of Topliss-reactive ketones (excluding diaryl/α,β-unsaturated/α-hetero) is 1. The molecule has 4 aromatic rings. The third-order valence-corrected chi connectivity index (χ3v) is 28.9. The molecule has 10 aliphatic heterocycles. The summed E-state index contributed by atoms with van der Waals surface area (Å²) in [6.45, 7) is 11.1. The minimum atomic E-state index is -1.95. The van der Waals surface area contributed by atoms with E-state index in [4.69, 9.17) is 21.1 Å². The van der Waals surface area contributed by atoms with Crippen LogP contribution in [0.25, 0.3) is 21.8 Å². The van der Waals surface area contributed by atoms with Crippen molar-refractivity contribution in [1.82, 2.24) is 97.9 Å². The molecule has 1 unspecified atom stereocenters. The summed E-state index contributed by atoms with van der Waals surface area (Å²) < 4.78 is 0. The molecule has 0 radical (unpaired) electrons. The zero-order valence-corrected chi connectivity index (χ0v) is 81.9. The highest BCUT2D eigenvalue weighted by atomic mass is 32.2. The van der Waals surface area contributed by atoms with Crippen LogP contribution in [0.2, 0.25) is 0 Å². The number of H-pyrrole nitrogens is 2. The fourth-order valence-corrected chi connectivity index (χ4v) is 21.0. The smallest absolute Gasteiger partial charge is 0.373 e. The summed E-state index contributed by atoms with van der Waals surface area (Å²) in [7, 11) is 1.39. The van der Waals surface area contributed by atoms with Crippen LogP contribution in [-0.4, -0.2) is 366 Å². The van der Waals surface area contributed by atoms with Gasteiger partial charge in [-0.1, -0.05) is 71.0 Å². The highest BCUT2D eigenvalue weighted by Gasteiger charge is 2.45. The number of carbonyl (C=O) groups is 19. The van der Waals surface area contributed by atoms with E-state index in [0.29, 0.717) is 117 Å². The van der Waals surface area contributed by atoms with Crippen molar-refractivity contribution >= 4 is 175 Å². The second kappa shape index (κ2) is 53.4. The van der Waals surface area contributed by atoms with Crippen molar-refractivity contribution < 1.29 is 111 Å². The molecule has 2 aromatic heterocycles. The Kier molecular flexibility index (Phi) is 42.5. The van der Waals surface area contributed by atoms with Crippen molar-refractivity contribution in [2.24, 2.45) is 29.2 Å². The molecule has 12 heterocycles. The van der Waals surface area contributed by atoms with Gasteiger partial charge >= 0.3 is 12.1 Å². The van der Waals surface area contributed by atoms with E-state index in [1.807, 2.05) is 0 Å². The minimum Gasteiger partial charge on any atom is -0.481 e. The van der Waals surface area contributed by atoms with Crippen molar-refractivity contribution in [3.05, 3.63) is 72.1 Å². The van der Waals surface area contributed by atoms with E-state index in [1.165, 1.54) is 46.6 Å². The van der Waals surface area contributed by atoms with Crippen LogP contribution in [-0.2, 0) is 114 Å². The average molecular weight is 2000 g/mol. The molecule has 0 aliphatic carbocycles. The molecule has 760 valence electrons. The molecule has 14 atom stereocenters. The summed E-state index contributed by atoms with van der Waals surface area (Å²) in [5.74, 6) is -19.7. The molecular weight excluding hydrogens is 1860 g/mol. The van der Waals surface area contributed by atoms with Gasteiger partial charge in [0.05, 0.1) is 54.8 Å². The van der Waals surface area contributed by atoms with Crippen molar-refractivity contribution in [1.29, 1.82) is 0 Å². The number of rotatable bonds is 19. The third kappa shape index (κ3) is 31.5. The first kappa shape index (κ1) is 111. The van der Waals surface area contributed by atoms with Crippen LogP contribution in [0.1, 0.15) is 137 Å². The molecule has 44 nitrogen and oxygen atoms in total. The number of aliphatic hydroxyl groups excluding tert-OH is 1. The second-order valence-corrected chi connectivity index (χ2v) is 39.5. The molecule has 0 saturated carbocycles. The lowest BCUT2D eigenvalue weighted by molar-refractivity contribution is -0.192. The normalized spacial score (nSPS) is 26.5. The van der Waals surface area contributed by atoms with E-state index >= 15 is 9.59 Å². The summed E-state index contributed by atoms with van der Waals surface area (Å²) in [4.78, 5) is 305. The van der Waals surface area contributed by atoms with Gasteiger partial charge in [0.25, 0.3) is 0 Å². The van der Waals surface area contributed by atoms with E-state index < -0.39 is 211 Å². The molecule has 139 heavy (non-hydrogen) atoms. The maximum absolute atomic E-state index is 15.5. The maximum atomic E-state index is 15.5. The molecule has 19 N–H and O–H groups in total. The number of carboxylic acids is 1. The van der Waals surface area contributed by atoms with E-state index in [2.05, 4.69) is 73.4 Å². The lowest BCUT2D eigenvalue weighted by Crippen LogP contribution is -2.61. The maximum Gasteiger partial charge on any atom is 0.373 e. The number of carbonyl (C=O) groups excluding carboxylic acids is 20. The number of piperidine rings is 3. The number of ketones is 1. The molecule has 47 heteroatoms. The Morgan fingerprint density at radius 1 is 0.532 bits per heavy atom. The zero-order valence-electron chi connectivity index (χ0n) is 79.4. The topological polar surface area (TPSA) is 634 Å². The van der Waals surface area contributed by atoms with Crippen molar-refractivity contribution in [3.8, 4) is 0 Å². The number of likely N-dealkylation sites (N-methyl/N-ethyl adjacent to an activating group) is 1. The Balaban J connectivity index is 0.00000711.